The zero-order valence-corrected chi connectivity index (χ0v) is 19.8. The first-order chi connectivity index (χ1) is 17.5. The third kappa shape index (κ3) is 5.05. The lowest BCUT2D eigenvalue weighted by atomic mass is 10.1. The number of rotatable bonds is 8. The lowest BCUT2D eigenvalue weighted by molar-refractivity contribution is 0.0515. The Kier molecular flexibility index (Phi) is 6.88. The first-order valence-electron chi connectivity index (χ1n) is 11.7. The summed E-state index contributed by atoms with van der Waals surface area (Å²) in [4.78, 5) is 30.1. The van der Waals surface area contributed by atoms with E-state index >= 15 is 0 Å². The van der Waals surface area contributed by atoms with E-state index < -0.39 is 5.82 Å². The molecule has 36 heavy (non-hydrogen) atoms. The number of carbonyl (C=O) groups excluding carboxylic acids is 1. The van der Waals surface area contributed by atoms with Crippen LogP contribution in [0.5, 0.6) is 0 Å². The van der Waals surface area contributed by atoms with Crippen molar-refractivity contribution in [2.24, 2.45) is 5.92 Å². The van der Waals surface area contributed by atoms with Gasteiger partial charge in [-0.15, -0.1) is 5.10 Å². The van der Waals surface area contributed by atoms with Gasteiger partial charge in [0, 0.05) is 42.6 Å². The minimum Gasteiger partial charge on any atom is -0.382 e. The molecule has 0 radical (unpaired) electrons. The number of methoxy groups -OCH3 is 1. The SMILES string of the molecule is COCCOC[C@@H]1CCN(C(=O)c2ccc(-n3cc(-c4cc5cc(F)ccc5[nH]c4=O)nn3)cc2)C1. The van der Waals surface area contributed by atoms with Gasteiger partial charge in [0.15, 0.2) is 0 Å². The minimum absolute atomic E-state index is 0.0184. The third-order valence-corrected chi connectivity index (χ3v) is 6.31. The van der Waals surface area contributed by atoms with E-state index in [1.165, 1.54) is 22.9 Å². The highest BCUT2D eigenvalue weighted by atomic mass is 19.1. The molecule has 5 rings (SSSR count). The van der Waals surface area contributed by atoms with Crippen LogP contribution in [-0.4, -0.2) is 70.8 Å². The van der Waals surface area contributed by atoms with Crippen molar-refractivity contribution in [1.29, 1.82) is 0 Å². The average Bonchev–Trinajstić information content (AvgIpc) is 3.57. The fraction of sp³-hybridized carbons (Fsp3) is 0.308. The zero-order chi connectivity index (χ0) is 25.1. The Morgan fingerprint density at radius 1 is 1.17 bits per heavy atom. The number of nitrogens with zero attached hydrogens (tertiary/aromatic N) is 4. The molecule has 9 nitrogen and oxygen atoms in total. The topological polar surface area (TPSA) is 102 Å². The molecule has 1 aliphatic rings. The molecule has 4 aromatic rings. The van der Waals surface area contributed by atoms with Crippen LogP contribution < -0.4 is 5.56 Å². The monoisotopic (exact) mass is 491 g/mol. The molecular formula is C26H26FN5O4. The molecule has 2 aromatic carbocycles. The number of likely N-dealkylation sites (tertiary alicyclic amines) is 1. The smallest absolute Gasteiger partial charge is 0.258 e. The van der Waals surface area contributed by atoms with Gasteiger partial charge in [0.2, 0.25) is 0 Å². The molecule has 0 unspecified atom stereocenters. The van der Waals surface area contributed by atoms with E-state index in [1.54, 1.807) is 43.6 Å². The Morgan fingerprint density at radius 2 is 2.00 bits per heavy atom. The summed E-state index contributed by atoms with van der Waals surface area (Å²) in [7, 11) is 1.64. The van der Waals surface area contributed by atoms with Crippen LogP contribution >= 0.6 is 0 Å². The molecule has 0 saturated carbocycles. The van der Waals surface area contributed by atoms with Crippen LogP contribution in [0, 0.1) is 11.7 Å². The second kappa shape index (κ2) is 10.4. The molecular weight excluding hydrogens is 465 g/mol. The second-order valence-electron chi connectivity index (χ2n) is 8.81. The van der Waals surface area contributed by atoms with Gasteiger partial charge in [0.1, 0.15) is 11.5 Å². The summed E-state index contributed by atoms with van der Waals surface area (Å²) in [6, 6.07) is 12.9. The van der Waals surface area contributed by atoms with E-state index in [0.29, 0.717) is 72.2 Å². The highest BCUT2D eigenvalue weighted by Gasteiger charge is 2.27. The molecule has 1 aliphatic heterocycles. The summed E-state index contributed by atoms with van der Waals surface area (Å²) < 4.78 is 25.7. The zero-order valence-electron chi connectivity index (χ0n) is 19.8. The number of pyridine rings is 1. The normalized spacial score (nSPS) is 15.6. The van der Waals surface area contributed by atoms with E-state index in [1.807, 2.05) is 4.90 Å². The van der Waals surface area contributed by atoms with Gasteiger partial charge in [-0.3, -0.25) is 9.59 Å². The Morgan fingerprint density at radius 3 is 2.81 bits per heavy atom. The fourth-order valence-corrected chi connectivity index (χ4v) is 4.37. The summed E-state index contributed by atoms with van der Waals surface area (Å²) in [5.74, 6) is -0.0813. The number of fused-ring (bicyclic) bond motifs is 1. The van der Waals surface area contributed by atoms with Gasteiger partial charge in [-0.05, 0) is 55.0 Å². The molecule has 1 saturated heterocycles. The predicted octanol–water partition coefficient (Wildman–Crippen LogP) is 3.04. The van der Waals surface area contributed by atoms with Crippen molar-refractivity contribution in [2.75, 3.05) is 40.0 Å². The van der Waals surface area contributed by atoms with Crippen molar-refractivity contribution in [3.05, 3.63) is 76.5 Å². The number of ether oxygens (including phenoxy) is 2. The van der Waals surface area contributed by atoms with Crippen LogP contribution in [0.4, 0.5) is 4.39 Å². The van der Waals surface area contributed by atoms with Crippen molar-refractivity contribution >= 4 is 16.8 Å². The molecule has 2 aromatic heterocycles. The molecule has 186 valence electrons. The largest absolute Gasteiger partial charge is 0.382 e. The number of aromatic nitrogens is 4. The molecule has 1 fully saturated rings. The Bertz CT molecular complexity index is 1430. The molecule has 1 N–H and O–H groups in total. The first kappa shape index (κ1) is 23.8. The number of H-pyrrole nitrogens is 1. The number of hydrogen-bond acceptors (Lipinski definition) is 6. The molecule has 1 amide bonds. The Labute approximate surface area is 206 Å². The summed E-state index contributed by atoms with van der Waals surface area (Å²) in [5.41, 5.74) is 2.14. The van der Waals surface area contributed by atoms with Crippen LogP contribution in [0.2, 0.25) is 0 Å². The van der Waals surface area contributed by atoms with E-state index in [-0.39, 0.29) is 11.5 Å². The van der Waals surface area contributed by atoms with Crippen LogP contribution in [0.3, 0.4) is 0 Å². The standard InChI is InChI=1S/C26H26FN5O4/c1-35-10-11-36-16-17-8-9-31(14-17)26(34)18-2-5-21(6-3-18)32-15-24(29-30-32)22-13-19-12-20(27)4-7-23(19)28-25(22)33/h2-7,12-13,15,17H,8-11,14,16H2,1H3,(H,28,33)/t17-/m1/s1. The van der Waals surface area contributed by atoms with Crippen molar-refractivity contribution < 1.29 is 18.7 Å². The number of nitrogens with one attached hydrogen (secondary N) is 1. The van der Waals surface area contributed by atoms with E-state index in [9.17, 15) is 14.0 Å². The van der Waals surface area contributed by atoms with Gasteiger partial charge in [-0.25, -0.2) is 9.07 Å². The number of aromatic amines is 1. The number of amides is 1. The predicted molar refractivity (Wildman–Crippen MR) is 132 cm³/mol. The first-order valence-corrected chi connectivity index (χ1v) is 11.7. The number of hydrogen-bond donors (Lipinski definition) is 1. The molecule has 0 aliphatic carbocycles. The number of carbonyl (C=O) groups is 1. The van der Waals surface area contributed by atoms with Crippen molar-refractivity contribution in [2.45, 2.75) is 6.42 Å². The van der Waals surface area contributed by atoms with E-state index in [0.717, 1.165) is 6.42 Å². The Balaban J connectivity index is 1.27. The maximum absolute atomic E-state index is 13.6. The van der Waals surface area contributed by atoms with Crippen molar-refractivity contribution in [3.63, 3.8) is 0 Å². The maximum Gasteiger partial charge on any atom is 0.258 e. The van der Waals surface area contributed by atoms with Gasteiger partial charge in [0.05, 0.1) is 37.3 Å². The van der Waals surface area contributed by atoms with E-state index in [4.69, 9.17) is 9.47 Å². The summed E-state index contributed by atoms with van der Waals surface area (Å²) in [6.07, 6.45) is 2.54. The van der Waals surface area contributed by atoms with Gasteiger partial charge in [-0.1, -0.05) is 5.21 Å². The summed E-state index contributed by atoms with van der Waals surface area (Å²) in [6.45, 7) is 3.11. The van der Waals surface area contributed by atoms with Crippen LogP contribution in [0.25, 0.3) is 27.8 Å². The fourth-order valence-electron chi connectivity index (χ4n) is 4.37. The van der Waals surface area contributed by atoms with Gasteiger partial charge >= 0.3 is 0 Å². The molecule has 0 spiro atoms. The number of benzene rings is 2. The van der Waals surface area contributed by atoms with Gasteiger partial charge in [-0.2, -0.15) is 0 Å². The summed E-state index contributed by atoms with van der Waals surface area (Å²) in [5, 5.41) is 8.81. The van der Waals surface area contributed by atoms with Crippen molar-refractivity contribution in [1.82, 2.24) is 24.9 Å². The van der Waals surface area contributed by atoms with Gasteiger partial charge < -0.3 is 19.4 Å². The van der Waals surface area contributed by atoms with Gasteiger partial charge in [0.25, 0.3) is 11.5 Å². The average molecular weight is 492 g/mol. The maximum atomic E-state index is 13.6. The highest BCUT2D eigenvalue weighted by molar-refractivity contribution is 5.94. The Hall–Kier alpha value is -3.89. The quantitative estimate of drug-likeness (QED) is 0.380. The molecule has 10 heteroatoms. The number of halogens is 1. The van der Waals surface area contributed by atoms with Crippen molar-refractivity contribution in [3.8, 4) is 16.9 Å². The summed E-state index contributed by atoms with van der Waals surface area (Å²) >= 11 is 0. The lowest BCUT2D eigenvalue weighted by Gasteiger charge is -2.17. The molecule has 0 bridgehead atoms. The van der Waals surface area contributed by atoms with Crippen LogP contribution in [-0.2, 0) is 9.47 Å². The minimum atomic E-state index is -0.390. The highest BCUT2D eigenvalue weighted by Crippen LogP contribution is 2.22. The van der Waals surface area contributed by atoms with Crippen LogP contribution in [0.15, 0.2) is 59.5 Å². The molecule has 1 atom stereocenters. The second-order valence-corrected chi connectivity index (χ2v) is 8.81. The van der Waals surface area contributed by atoms with E-state index in [2.05, 4.69) is 15.3 Å². The third-order valence-electron chi connectivity index (χ3n) is 6.31. The molecule has 3 heterocycles. The van der Waals surface area contributed by atoms with Crippen LogP contribution in [0.1, 0.15) is 16.8 Å². The lowest BCUT2D eigenvalue weighted by Crippen LogP contribution is -2.29.